The van der Waals surface area contributed by atoms with Crippen LogP contribution in [-0.2, 0) is 26.2 Å². The number of hydrogen-bond acceptors (Lipinski definition) is 3. The van der Waals surface area contributed by atoms with E-state index in [2.05, 4.69) is 42.5 Å². The summed E-state index contributed by atoms with van der Waals surface area (Å²) in [4.78, 5) is 0. The van der Waals surface area contributed by atoms with Crippen molar-refractivity contribution >= 4 is 10.8 Å². The zero-order valence-corrected chi connectivity index (χ0v) is 17.1. The fraction of sp³-hybridized carbons (Fsp3) is 0.500. The first-order chi connectivity index (χ1) is 9.66. The summed E-state index contributed by atoms with van der Waals surface area (Å²) in [6.07, 6.45) is -0.500. The van der Waals surface area contributed by atoms with Crippen molar-refractivity contribution in [2.75, 3.05) is 0 Å². The fourth-order valence-corrected chi connectivity index (χ4v) is 1.07. The van der Waals surface area contributed by atoms with Crippen LogP contribution in [0.5, 0.6) is 0 Å². The Morgan fingerprint density at radius 3 is 1.45 bits per heavy atom. The van der Waals surface area contributed by atoms with Gasteiger partial charge < -0.3 is 15.3 Å². The first-order valence-corrected chi connectivity index (χ1v) is 7.31. The van der Waals surface area contributed by atoms with Crippen molar-refractivity contribution in [1.82, 2.24) is 0 Å². The third kappa shape index (κ3) is 24.6. The second kappa shape index (κ2) is 17.0. The molecule has 0 saturated heterocycles. The predicted molar refractivity (Wildman–Crippen MR) is 91.6 cm³/mol. The molecule has 3 N–H and O–H groups in total. The molecule has 3 nitrogen and oxygen atoms in total. The predicted octanol–water partition coefficient (Wildman–Crippen LogP) is 3.72. The summed E-state index contributed by atoms with van der Waals surface area (Å²) >= 11 is 0. The van der Waals surface area contributed by atoms with Gasteiger partial charge in [-0.1, -0.05) is 6.07 Å². The van der Waals surface area contributed by atoms with E-state index in [-0.39, 0.29) is 44.5 Å². The molecular weight excluding hydrogens is 355 g/mol. The van der Waals surface area contributed by atoms with Crippen LogP contribution in [0.25, 0.3) is 10.8 Å². The Hall–Kier alpha value is -0.407. The van der Waals surface area contributed by atoms with Crippen molar-refractivity contribution in [3.8, 4) is 0 Å². The summed E-state index contributed by atoms with van der Waals surface area (Å²) in [6.45, 7) is 10.3. The van der Waals surface area contributed by atoms with E-state index < -0.39 is 0 Å². The van der Waals surface area contributed by atoms with Crippen LogP contribution in [0.15, 0.2) is 42.5 Å². The van der Waals surface area contributed by atoms with E-state index in [1.807, 2.05) is 0 Å². The molecular formula is C18H31O3Zr-. The van der Waals surface area contributed by atoms with Gasteiger partial charge in [-0.3, -0.25) is 0 Å². The van der Waals surface area contributed by atoms with Crippen molar-refractivity contribution in [3.63, 3.8) is 0 Å². The minimum atomic E-state index is -0.167. The van der Waals surface area contributed by atoms with Gasteiger partial charge in [0.05, 0.1) is 0 Å². The van der Waals surface area contributed by atoms with Crippen LogP contribution in [0.4, 0.5) is 0 Å². The van der Waals surface area contributed by atoms with Crippen LogP contribution >= 0.6 is 0 Å². The molecule has 2 aromatic carbocycles. The van der Waals surface area contributed by atoms with Crippen LogP contribution in [0.3, 0.4) is 0 Å². The second-order valence-electron chi connectivity index (χ2n) is 5.44. The Bertz CT molecular complexity index is 384. The fourth-order valence-electron chi connectivity index (χ4n) is 1.07. The Labute approximate surface area is 154 Å². The summed E-state index contributed by atoms with van der Waals surface area (Å²) in [7, 11) is 0. The molecule has 0 bridgehead atoms. The molecule has 0 unspecified atom stereocenters. The van der Waals surface area contributed by atoms with Crippen molar-refractivity contribution in [1.29, 1.82) is 0 Å². The van der Waals surface area contributed by atoms with Crippen LogP contribution in [0.1, 0.15) is 41.5 Å². The first-order valence-electron chi connectivity index (χ1n) is 7.31. The van der Waals surface area contributed by atoms with Crippen molar-refractivity contribution in [3.05, 3.63) is 42.5 Å². The van der Waals surface area contributed by atoms with Gasteiger partial charge in [0.15, 0.2) is 0 Å². The zero-order valence-electron chi connectivity index (χ0n) is 14.6. The van der Waals surface area contributed by atoms with Crippen molar-refractivity contribution in [2.24, 2.45) is 0 Å². The molecule has 0 aliphatic carbocycles. The van der Waals surface area contributed by atoms with Gasteiger partial charge in [0.2, 0.25) is 0 Å². The summed E-state index contributed by atoms with van der Waals surface area (Å²) < 4.78 is 0. The van der Waals surface area contributed by atoms with E-state index >= 15 is 0 Å². The maximum Gasteiger partial charge on any atom is 0.0483 e. The molecule has 0 radical (unpaired) electrons. The topological polar surface area (TPSA) is 60.7 Å². The minimum Gasteiger partial charge on any atom is -0.394 e. The van der Waals surface area contributed by atoms with E-state index in [0.29, 0.717) is 0 Å². The summed E-state index contributed by atoms with van der Waals surface area (Å²) in [5.41, 5.74) is 0. The van der Waals surface area contributed by atoms with Gasteiger partial charge in [-0.05, 0) is 41.5 Å². The maximum absolute atomic E-state index is 8.06. The van der Waals surface area contributed by atoms with Crippen LogP contribution in [-0.4, -0.2) is 33.6 Å². The number of hydrogen-bond donors (Lipinski definition) is 3. The number of aliphatic hydroxyl groups is 3. The quantitative estimate of drug-likeness (QED) is 0.605. The van der Waals surface area contributed by atoms with E-state index in [9.17, 15) is 0 Å². The molecule has 0 atom stereocenters. The monoisotopic (exact) mass is 385 g/mol. The van der Waals surface area contributed by atoms with Gasteiger partial charge in [-0.2, -0.15) is 17.5 Å². The second-order valence-corrected chi connectivity index (χ2v) is 5.44. The molecule has 0 saturated carbocycles. The molecule has 126 valence electrons. The molecule has 0 fully saturated rings. The van der Waals surface area contributed by atoms with Crippen molar-refractivity contribution < 1.29 is 41.5 Å². The van der Waals surface area contributed by atoms with Gasteiger partial charge in [-0.15, -0.1) is 29.7 Å². The molecule has 0 aliphatic heterocycles. The average molecular weight is 387 g/mol. The number of benzene rings is 1. The maximum atomic E-state index is 8.06. The molecule has 0 aromatic heterocycles. The summed E-state index contributed by atoms with van der Waals surface area (Å²) in [5.74, 6) is 0. The molecule has 0 amide bonds. The molecule has 4 heteroatoms. The standard InChI is InChI=1S/C9H7.3C3H8O.Zr/c1-2-5-9-7-3-6-8(9)4-1;3*1-3(2)4;/h1-7H;3*3-4H,1-2H3;/q-1;;;;. The Kier molecular flexibility index (Phi) is 20.4. The van der Waals surface area contributed by atoms with E-state index in [0.717, 1.165) is 0 Å². The summed E-state index contributed by atoms with van der Waals surface area (Å²) in [6, 6.07) is 14.7. The number of rotatable bonds is 0. The third-order valence-corrected chi connectivity index (χ3v) is 1.55. The number of aliphatic hydroxyl groups excluding tert-OH is 3. The van der Waals surface area contributed by atoms with Crippen LogP contribution in [0, 0.1) is 0 Å². The molecule has 2 aromatic rings. The van der Waals surface area contributed by atoms with E-state index in [1.54, 1.807) is 41.5 Å². The van der Waals surface area contributed by atoms with Crippen molar-refractivity contribution in [2.45, 2.75) is 59.9 Å². The van der Waals surface area contributed by atoms with E-state index in [1.165, 1.54) is 10.8 Å². The van der Waals surface area contributed by atoms with Crippen LogP contribution in [0.2, 0.25) is 0 Å². The smallest absolute Gasteiger partial charge is 0.0483 e. The minimum absolute atomic E-state index is 0. The molecule has 0 aliphatic rings. The largest absolute Gasteiger partial charge is 0.394 e. The number of fused-ring (bicyclic) bond motifs is 1. The average Bonchev–Trinajstić information content (AvgIpc) is 2.74. The first kappa shape index (κ1) is 26.5. The Balaban J connectivity index is -0.000000241. The third-order valence-electron chi connectivity index (χ3n) is 1.55. The molecule has 22 heavy (non-hydrogen) atoms. The van der Waals surface area contributed by atoms with E-state index in [4.69, 9.17) is 15.3 Å². The summed E-state index contributed by atoms with van der Waals surface area (Å²) in [5, 5.41) is 26.8. The molecule has 0 spiro atoms. The van der Waals surface area contributed by atoms with Gasteiger partial charge in [-0.25, -0.2) is 0 Å². The van der Waals surface area contributed by atoms with Gasteiger partial charge in [0, 0.05) is 44.5 Å². The Morgan fingerprint density at radius 1 is 0.727 bits per heavy atom. The van der Waals surface area contributed by atoms with Gasteiger partial charge in [0.1, 0.15) is 0 Å². The SMILES string of the molecule is CC(C)O.CC(C)O.CC(C)O.[Zr].c1ccc2[cH-]ccc2c1. The Morgan fingerprint density at radius 2 is 1.09 bits per heavy atom. The molecule has 0 heterocycles. The van der Waals surface area contributed by atoms with Gasteiger partial charge >= 0.3 is 0 Å². The van der Waals surface area contributed by atoms with Gasteiger partial charge in [0.25, 0.3) is 0 Å². The van der Waals surface area contributed by atoms with Crippen LogP contribution < -0.4 is 0 Å². The normalized spacial score (nSPS) is 9.09. The molecule has 2 rings (SSSR count). The zero-order chi connectivity index (χ0) is 16.8.